The Morgan fingerprint density at radius 2 is 1.82 bits per heavy atom. The fourth-order valence-corrected chi connectivity index (χ4v) is 2.52. The molecular formula is C17H16N2O3. The van der Waals surface area contributed by atoms with E-state index in [0.717, 1.165) is 28.1 Å². The number of ether oxygens (including phenoxy) is 2. The molecule has 1 heterocycles. The van der Waals surface area contributed by atoms with Crippen molar-refractivity contribution < 1.29 is 14.3 Å². The van der Waals surface area contributed by atoms with Crippen molar-refractivity contribution in [2.24, 2.45) is 0 Å². The minimum absolute atomic E-state index is 0.456. The Kier molecular flexibility index (Phi) is 3.55. The van der Waals surface area contributed by atoms with Crippen molar-refractivity contribution in [1.29, 1.82) is 0 Å². The molecule has 22 heavy (non-hydrogen) atoms. The molecule has 0 atom stereocenters. The van der Waals surface area contributed by atoms with E-state index in [1.165, 1.54) is 7.11 Å². The first-order valence-corrected chi connectivity index (χ1v) is 6.91. The maximum Gasteiger partial charge on any atom is 0.513 e. The van der Waals surface area contributed by atoms with Crippen molar-refractivity contribution in [3.8, 4) is 11.4 Å². The van der Waals surface area contributed by atoms with Gasteiger partial charge in [-0.05, 0) is 38.1 Å². The number of rotatable bonds is 2. The van der Waals surface area contributed by atoms with Crippen LogP contribution in [0.1, 0.15) is 11.4 Å². The van der Waals surface area contributed by atoms with Crippen LogP contribution < -0.4 is 4.74 Å². The third-order valence-electron chi connectivity index (χ3n) is 3.57. The van der Waals surface area contributed by atoms with E-state index in [2.05, 4.69) is 14.3 Å². The number of aryl methyl sites for hydroxylation is 2. The van der Waals surface area contributed by atoms with Gasteiger partial charge in [0.25, 0.3) is 0 Å². The van der Waals surface area contributed by atoms with E-state index in [0.29, 0.717) is 5.75 Å². The molecule has 5 heteroatoms. The summed E-state index contributed by atoms with van der Waals surface area (Å²) in [6.45, 7) is 3.83. The molecule has 112 valence electrons. The Morgan fingerprint density at radius 3 is 2.50 bits per heavy atom. The highest BCUT2D eigenvalue weighted by Gasteiger charge is 2.15. The number of hydrogen-bond donors (Lipinski definition) is 0. The van der Waals surface area contributed by atoms with E-state index in [9.17, 15) is 4.79 Å². The van der Waals surface area contributed by atoms with E-state index < -0.39 is 6.16 Å². The quantitative estimate of drug-likeness (QED) is 0.533. The molecule has 0 aliphatic carbocycles. The van der Waals surface area contributed by atoms with Gasteiger partial charge in [0.15, 0.2) is 0 Å². The molecule has 0 saturated heterocycles. The van der Waals surface area contributed by atoms with Gasteiger partial charge in [-0.3, -0.25) is 4.57 Å². The van der Waals surface area contributed by atoms with Crippen molar-refractivity contribution in [1.82, 2.24) is 9.55 Å². The Balaban J connectivity index is 2.16. The van der Waals surface area contributed by atoms with Gasteiger partial charge in [0, 0.05) is 11.3 Å². The summed E-state index contributed by atoms with van der Waals surface area (Å²) < 4.78 is 11.8. The first-order chi connectivity index (χ1) is 10.6. The van der Waals surface area contributed by atoms with Crippen LogP contribution in [0.2, 0.25) is 0 Å². The zero-order valence-electron chi connectivity index (χ0n) is 12.7. The van der Waals surface area contributed by atoms with Gasteiger partial charge in [-0.1, -0.05) is 18.2 Å². The molecule has 2 aromatic carbocycles. The van der Waals surface area contributed by atoms with Crippen LogP contribution in [0.25, 0.3) is 16.7 Å². The van der Waals surface area contributed by atoms with E-state index in [-0.39, 0.29) is 0 Å². The minimum atomic E-state index is -0.735. The van der Waals surface area contributed by atoms with Gasteiger partial charge in [-0.15, -0.1) is 0 Å². The normalized spacial score (nSPS) is 10.7. The summed E-state index contributed by atoms with van der Waals surface area (Å²) in [5.41, 5.74) is 3.63. The smallest absolute Gasteiger partial charge is 0.437 e. The van der Waals surface area contributed by atoms with Gasteiger partial charge >= 0.3 is 6.16 Å². The largest absolute Gasteiger partial charge is 0.513 e. The van der Waals surface area contributed by atoms with Crippen LogP contribution in [0.3, 0.4) is 0 Å². The molecule has 0 spiro atoms. The number of benzene rings is 2. The molecule has 3 aromatic rings. The van der Waals surface area contributed by atoms with Gasteiger partial charge in [0.05, 0.1) is 18.1 Å². The molecule has 0 fully saturated rings. The van der Waals surface area contributed by atoms with Gasteiger partial charge < -0.3 is 9.47 Å². The molecule has 5 nitrogen and oxygen atoms in total. The highest BCUT2D eigenvalue weighted by molar-refractivity contribution is 5.84. The molecule has 0 saturated carbocycles. The Morgan fingerprint density at radius 1 is 1.09 bits per heavy atom. The average Bonchev–Trinajstić information content (AvgIpc) is 2.88. The van der Waals surface area contributed by atoms with Crippen molar-refractivity contribution in [3.05, 3.63) is 53.9 Å². The number of imidazole rings is 1. The lowest BCUT2D eigenvalue weighted by Crippen LogP contribution is -2.08. The molecule has 0 bridgehead atoms. The highest BCUT2D eigenvalue weighted by Crippen LogP contribution is 2.29. The number of nitrogens with zero attached hydrogens (tertiary/aromatic N) is 2. The number of aromatic nitrogens is 2. The molecule has 0 unspecified atom stereocenters. The Hall–Kier alpha value is -2.82. The molecule has 0 aliphatic rings. The predicted molar refractivity (Wildman–Crippen MR) is 83.6 cm³/mol. The average molecular weight is 296 g/mol. The minimum Gasteiger partial charge on any atom is -0.437 e. The predicted octanol–water partition coefficient (Wildman–Crippen LogP) is 3.79. The Bertz CT molecular complexity index is 838. The maximum absolute atomic E-state index is 11.3. The van der Waals surface area contributed by atoms with Crippen molar-refractivity contribution in [3.63, 3.8) is 0 Å². The number of carbonyl (C=O) groups is 1. The first kappa shape index (κ1) is 14.1. The van der Waals surface area contributed by atoms with Crippen LogP contribution in [-0.4, -0.2) is 22.8 Å². The standard InChI is InChI=1S/C17H16N2O3/c1-11-15(22-17(20)21-3)10-9-14-16(11)18-12(2)19(14)13-7-5-4-6-8-13/h4-10H,1-3H3. The number of para-hydroxylation sites is 1. The zero-order valence-corrected chi connectivity index (χ0v) is 12.7. The van der Waals surface area contributed by atoms with Crippen LogP contribution in [0.5, 0.6) is 5.75 Å². The lowest BCUT2D eigenvalue weighted by atomic mass is 10.2. The number of carbonyl (C=O) groups excluding carboxylic acids is 1. The Labute approximate surface area is 128 Å². The molecule has 0 radical (unpaired) electrons. The number of methoxy groups -OCH3 is 1. The van der Waals surface area contributed by atoms with Crippen molar-refractivity contribution in [2.75, 3.05) is 7.11 Å². The number of fused-ring (bicyclic) bond motifs is 1. The zero-order chi connectivity index (χ0) is 15.7. The molecule has 0 amide bonds. The summed E-state index contributed by atoms with van der Waals surface area (Å²) in [7, 11) is 1.28. The van der Waals surface area contributed by atoms with Crippen LogP contribution in [0.15, 0.2) is 42.5 Å². The summed E-state index contributed by atoms with van der Waals surface area (Å²) in [6.07, 6.45) is -0.735. The second kappa shape index (κ2) is 5.52. The van der Waals surface area contributed by atoms with E-state index >= 15 is 0 Å². The van der Waals surface area contributed by atoms with Crippen molar-refractivity contribution in [2.45, 2.75) is 13.8 Å². The molecule has 0 aliphatic heterocycles. The van der Waals surface area contributed by atoms with Gasteiger partial charge in [0.2, 0.25) is 0 Å². The van der Waals surface area contributed by atoms with Crippen molar-refractivity contribution >= 4 is 17.2 Å². The summed E-state index contributed by atoms with van der Waals surface area (Å²) in [5.74, 6) is 1.33. The van der Waals surface area contributed by atoms with E-state index in [1.807, 2.05) is 50.2 Å². The van der Waals surface area contributed by atoms with Gasteiger partial charge in [0.1, 0.15) is 11.6 Å². The second-order valence-electron chi connectivity index (χ2n) is 4.94. The van der Waals surface area contributed by atoms with E-state index in [4.69, 9.17) is 4.74 Å². The molecular weight excluding hydrogens is 280 g/mol. The lowest BCUT2D eigenvalue weighted by molar-refractivity contribution is 0.121. The summed E-state index contributed by atoms with van der Waals surface area (Å²) in [4.78, 5) is 15.9. The maximum atomic E-state index is 11.3. The molecule has 0 N–H and O–H groups in total. The third-order valence-corrected chi connectivity index (χ3v) is 3.57. The van der Waals surface area contributed by atoms with Crippen LogP contribution in [-0.2, 0) is 4.74 Å². The second-order valence-corrected chi connectivity index (χ2v) is 4.94. The number of hydrogen-bond acceptors (Lipinski definition) is 4. The summed E-state index contributed by atoms with van der Waals surface area (Å²) >= 11 is 0. The molecule has 1 aromatic heterocycles. The van der Waals surface area contributed by atoms with Crippen LogP contribution in [0, 0.1) is 13.8 Å². The third kappa shape index (κ3) is 2.30. The topological polar surface area (TPSA) is 53.4 Å². The van der Waals surface area contributed by atoms with Gasteiger partial charge in [-0.2, -0.15) is 0 Å². The van der Waals surface area contributed by atoms with E-state index in [1.54, 1.807) is 6.07 Å². The fraction of sp³-hybridized carbons (Fsp3) is 0.176. The fourth-order valence-electron chi connectivity index (χ4n) is 2.52. The monoisotopic (exact) mass is 296 g/mol. The SMILES string of the molecule is COC(=O)Oc1ccc2c(nc(C)n2-c2ccccc2)c1C. The highest BCUT2D eigenvalue weighted by atomic mass is 16.7. The summed E-state index contributed by atoms with van der Waals surface area (Å²) in [6, 6.07) is 13.7. The van der Waals surface area contributed by atoms with Crippen LogP contribution >= 0.6 is 0 Å². The van der Waals surface area contributed by atoms with Gasteiger partial charge in [-0.25, -0.2) is 9.78 Å². The summed E-state index contributed by atoms with van der Waals surface area (Å²) in [5, 5.41) is 0. The van der Waals surface area contributed by atoms with Crippen LogP contribution in [0.4, 0.5) is 4.79 Å². The first-order valence-electron chi connectivity index (χ1n) is 6.91. The molecule has 3 rings (SSSR count). The lowest BCUT2D eigenvalue weighted by Gasteiger charge is -2.09.